The van der Waals surface area contributed by atoms with Gasteiger partial charge in [0.2, 0.25) is 0 Å². The second kappa shape index (κ2) is 4.72. The summed E-state index contributed by atoms with van der Waals surface area (Å²) >= 11 is 0. The van der Waals surface area contributed by atoms with E-state index >= 15 is 0 Å². The zero-order valence-corrected chi connectivity index (χ0v) is 10.3. The Morgan fingerprint density at radius 1 is 1.17 bits per heavy atom. The Bertz CT molecular complexity index is 521. The molecule has 2 N–H and O–H groups in total. The fourth-order valence-electron chi connectivity index (χ4n) is 2.34. The molecular formula is C12H16N6. The van der Waals surface area contributed by atoms with Crippen molar-refractivity contribution in [2.45, 2.75) is 38.6 Å². The monoisotopic (exact) mass is 244 g/mol. The standard InChI is InChI=1S/C12H16N6/c1-8(11-15-7-16-18-11)17-12-9-4-2-3-5-10(9)13-6-14-12/h6-8H,2-5H2,1H3,(H,13,14,17)(H,15,16,18). The molecule has 0 amide bonds. The number of nitrogens with zero attached hydrogens (tertiary/aromatic N) is 4. The van der Waals surface area contributed by atoms with Crippen molar-refractivity contribution in [2.75, 3.05) is 5.32 Å². The van der Waals surface area contributed by atoms with E-state index in [4.69, 9.17) is 0 Å². The normalized spacial score (nSPS) is 16.1. The van der Waals surface area contributed by atoms with E-state index in [9.17, 15) is 0 Å². The largest absolute Gasteiger partial charge is 0.360 e. The van der Waals surface area contributed by atoms with E-state index in [-0.39, 0.29) is 6.04 Å². The number of H-pyrrole nitrogens is 1. The van der Waals surface area contributed by atoms with Gasteiger partial charge in [-0.3, -0.25) is 5.10 Å². The van der Waals surface area contributed by atoms with Gasteiger partial charge in [-0.1, -0.05) is 0 Å². The molecule has 18 heavy (non-hydrogen) atoms. The number of aromatic nitrogens is 5. The van der Waals surface area contributed by atoms with Gasteiger partial charge in [-0.05, 0) is 32.6 Å². The summed E-state index contributed by atoms with van der Waals surface area (Å²) in [6, 6.07) is 0.0634. The highest BCUT2D eigenvalue weighted by Gasteiger charge is 2.17. The third-order valence-corrected chi connectivity index (χ3v) is 3.32. The van der Waals surface area contributed by atoms with Crippen LogP contribution < -0.4 is 5.32 Å². The minimum Gasteiger partial charge on any atom is -0.360 e. The van der Waals surface area contributed by atoms with Crippen molar-refractivity contribution in [2.24, 2.45) is 0 Å². The van der Waals surface area contributed by atoms with Crippen molar-refractivity contribution in [3.63, 3.8) is 0 Å². The molecule has 1 unspecified atom stereocenters. The number of aromatic amines is 1. The van der Waals surface area contributed by atoms with Crippen LogP contribution in [0, 0.1) is 0 Å². The Balaban J connectivity index is 1.84. The summed E-state index contributed by atoms with van der Waals surface area (Å²) in [5.74, 6) is 1.75. The maximum atomic E-state index is 4.36. The van der Waals surface area contributed by atoms with Crippen LogP contribution in [0.15, 0.2) is 12.7 Å². The Morgan fingerprint density at radius 3 is 2.89 bits per heavy atom. The lowest BCUT2D eigenvalue weighted by Gasteiger charge is -2.20. The van der Waals surface area contributed by atoms with Crippen molar-refractivity contribution in [3.8, 4) is 0 Å². The van der Waals surface area contributed by atoms with Crippen LogP contribution in [-0.4, -0.2) is 25.1 Å². The number of hydrogen-bond acceptors (Lipinski definition) is 5. The Morgan fingerprint density at radius 2 is 2.06 bits per heavy atom. The first-order chi connectivity index (χ1) is 8.84. The first-order valence-electron chi connectivity index (χ1n) is 6.29. The predicted molar refractivity (Wildman–Crippen MR) is 67.1 cm³/mol. The molecule has 0 bridgehead atoms. The maximum Gasteiger partial charge on any atom is 0.146 e. The quantitative estimate of drug-likeness (QED) is 0.858. The van der Waals surface area contributed by atoms with Gasteiger partial charge in [0.1, 0.15) is 24.3 Å². The van der Waals surface area contributed by atoms with Gasteiger partial charge in [-0.25, -0.2) is 15.0 Å². The second-order valence-electron chi connectivity index (χ2n) is 4.59. The van der Waals surface area contributed by atoms with Crippen LogP contribution in [0.4, 0.5) is 5.82 Å². The summed E-state index contributed by atoms with van der Waals surface area (Å²) in [7, 11) is 0. The topological polar surface area (TPSA) is 79.4 Å². The Hall–Kier alpha value is -1.98. The number of fused-ring (bicyclic) bond motifs is 1. The molecule has 2 aromatic rings. The molecule has 0 saturated heterocycles. The highest BCUT2D eigenvalue weighted by atomic mass is 15.2. The molecule has 6 heteroatoms. The molecule has 0 spiro atoms. The zero-order chi connectivity index (χ0) is 12.4. The average Bonchev–Trinajstić information content (AvgIpc) is 2.93. The number of rotatable bonds is 3. The van der Waals surface area contributed by atoms with Crippen LogP contribution in [0.1, 0.15) is 42.9 Å². The molecule has 1 aliphatic carbocycles. The minimum atomic E-state index is 0.0634. The summed E-state index contributed by atoms with van der Waals surface area (Å²) in [4.78, 5) is 12.9. The average molecular weight is 244 g/mol. The van der Waals surface area contributed by atoms with E-state index < -0.39 is 0 Å². The van der Waals surface area contributed by atoms with Gasteiger partial charge in [0.25, 0.3) is 0 Å². The fraction of sp³-hybridized carbons (Fsp3) is 0.500. The lowest BCUT2D eigenvalue weighted by molar-refractivity contribution is 0.660. The van der Waals surface area contributed by atoms with Crippen molar-refractivity contribution in [1.29, 1.82) is 0 Å². The molecule has 0 saturated carbocycles. The summed E-state index contributed by atoms with van der Waals surface area (Å²) in [5, 5.41) is 10.1. The third kappa shape index (κ3) is 2.05. The van der Waals surface area contributed by atoms with E-state index in [1.807, 2.05) is 6.92 Å². The second-order valence-corrected chi connectivity index (χ2v) is 4.59. The summed E-state index contributed by atoms with van der Waals surface area (Å²) < 4.78 is 0. The summed E-state index contributed by atoms with van der Waals surface area (Å²) in [6.07, 6.45) is 7.71. The van der Waals surface area contributed by atoms with Crippen molar-refractivity contribution in [1.82, 2.24) is 25.1 Å². The maximum absolute atomic E-state index is 4.36. The smallest absolute Gasteiger partial charge is 0.146 e. The molecular weight excluding hydrogens is 228 g/mol. The Labute approximate surface area is 105 Å². The zero-order valence-electron chi connectivity index (χ0n) is 10.3. The van der Waals surface area contributed by atoms with Gasteiger partial charge in [0.05, 0.1) is 6.04 Å². The SMILES string of the molecule is CC(Nc1ncnc2c1CCCC2)c1ncn[nH]1. The van der Waals surface area contributed by atoms with Gasteiger partial charge >= 0.3 is 0 Å². The van der Waals surface area contributed by atoms with Crippen LogP contribution in [0.25, 0.3) is 0 Å². The molecule has 0 aromatic carbocycles. The molecule has 3 rings (SSSR count). The molecule has 0 radical (unpaired) electrons. The Kier molecular flexibility index (Phi) is 2.92. The highest BCUT2D eigenvalue weighted by Crippen LogP contribution is 2.26. The molecule has 1 aliphatic rings. The molecule has 94 valence electrons. The van der Waals surface area contributed by atoms with E-state index in [0.717, 1.165) is 24.5 Å². The molecule has 0 fully saturated rings. The molecule has 2 aromatic heterocycles. The molecule has 1 atom stereocenters. The summed E-state index contributed by atoms with van der Waals surface area (Å²) in [5.41, 5.74) is 2.44. The predicted octanol–water partition coefficient (Wildman–Crippen LogP) is 1.65. The highest BCUT2D eigenvalue weighted by molar-refractivity contribution is 5.47. The number of nitrogens with one attached hydrogen (secondary N) is 2. The fourth-order valence-corrected chi connectivity index (χ4v) is 2.34. The first-order valence-corrected chi connectivity index (χ1v) is 6.29. The van der Waals surface area contributed by atoms with Gasteiger partial charge < -0.3 is 5.32 Å². The number of hydrogen-bond donors (Lipinski definition) is 2. The third-order valence-electron chi connectivity index (χ3n) is 3.32. The van der Waals surface area contributed by atoms with Gasteiger partial charge in [0, 0.05) is 11.3 Å². The van der Waals surface area contributed by atoms with Gasteiger partial charge in [-0.2, -0.15) is 5.10 Å². The van der Waals surface area contributed by atoms with E-state index in [1.54, 1.807) is 6.33 Å². The van der Waals surface area contributed by atoms with Crippen molar-refractivity contribution in [3.05, 3.63) is 29.7 Å². The van der Waals surface area contributed by atoms with Gasteiger partial charge in [0.15, 0.2) is 0 Å². The van der Waals surface area contributed by atoms with Crippen molar-refractivity contribution >= 4 is 5.82 Å². The van der Waals surface area contributed by atoms with Crippen LogP contribution in [0.2, 0.25) is 0 Å². The lowest BCUT2D eigenvalue weighted by atomic mass is 9.96. The van der Waals surface area contributed by atoms with Crippen LogP contribution >= 0.6 is 0 Å². The van der Waals surface area contributed by atoms with E-state index in [2.05, 4.69) is 30.5 Å². The molecule has 0 aliphatic heterocycles. The molecule has 2 heterocycles. The van der Waals surface area contributed by atoms with Gasteiger partial charge in [-0.15, -0.1) is 0 Å². The molecule has 6 nitrogen and oxygen atoms in total. The lowest BCUT2D eigenvalue weighted by Crippen LogP contribution is -2.15. The number of anilines is 1. The van der Waals surface area contributed by atoms with Crippen LogP contribution in [0.3, 0.4) is 0 Å². The first kappa shape index (κ1) is 11.1. The minimum absolute atomic E-state index is 0.0634. The van der Waals surface area contributed by atoms with E-state index in [1.165, 1.54) is 30.4 Å². The van der Waals surface area contributed by atoms with Crippen LogP contribution in [0.5, 0.6) is 0 Å². The summed E-state index contributed by atoms with van der Waals surface area (Å²) in [6.45, 7) is 2.04. The van der Waals surface area contributed by atoms with Crippen LogP contribution in [-0.2, 0) is 12.8 Å². The van der Waals surface area contributed by atoms with Crippen molar-refractivity contribution < 1.29 is 0 Å². The number of aryl methyl sites for hydroxylation is 1. The van der Waals surface area contributed by atoms with E-state index in [0.29, 0.717) is 0 Å².